The summed E-state index contributed by atoms with van der Waals surface area (Å²) in [7, 11) is 0. The number of hydrazone groups is 1. The molecule has 1 heterocycles. The van der Waals surface area contributed by atoms with E-state index in [0.717, 1.165) is 0 Å². The van der Waals surface area contributed by atoms with Crippen molar-refractivity contribution in [2.75, 3.05) is 5.32 Å². The Kier molecular flexibility index (Phi) is 4.45. The molecule has 0 saturated carbocycles. The molecule has 0 aliphatic carbocycles. The van der Waals surface area contributed by atoms with Crippen molar-refractivity contribution in [1.82, 2.24) is 5.43 Å². The molecule has 1 unspecified atom stereocenters. The first-order chi connectivity index (χ1) is 10.4. The summed E-state index contributed by atoms with van der Waals surface area (Å²) >= 11 is 0. The van der Waals surface area contributed by atoms with Gasteiger partial charge in [0.2, 0.25) is 11.7 Å². The summed E-state index contributed by atoms with van der Waals surface area (Å²) in [5.41, 5.74) is 3.84. The molecule has 1 aromatic carbocycles. The van der Waals surface area contributed by atoms with Gasteiger partial charge >= 0.3 is 5.91 Å². The number of carbonyl (C=O) groups is 4. The van der Waals surface area contributed by atoms with Crippen LogP contribution in [0.3, 0.4) is 0 Å². The van der Waals surface area contributed by atoms with E-state index >= 15 is 0 Å². The van der Waals surface area contributed by atoms with Crippen LogP contribution < -0.4 is 10.7 Å². The average molecular weight is 301 g/mol. The molecule has 2 rings (SSSR count). The minimum Gasteiger partial charge on any atom is -0.326 e. The molecule has 1 atom stereocenters. The maximum absolute atomic E-state index is 11.6. The third kappa shape index (κ3) is 3.43. The molecule has 0 bridgehead atoms. The Balaban J connectivity index is 2.12. The van der Waals surface area contributed by atoms with Crippen molar-refractivity contribution in [1.29, 1.82) is 0 Å². The molecule has 0 fully saturated rings. The predicted molar refractivity (Wildman–Crippen MR) is 79.2 cm³/mol. The number of hydrogen-bond donors (Lipinski definition) is 2. The van der Waals surface area contributed by atoms with E-state index in [1.807, 2.05) is 0 Å². The number of Topliss-reactive ketones (excluding diaryl/α,β-unsaturated/α-hetero) is 2. The van der Waals surface area contributed by atoms with Crippen LogP contribution in [0.1, 0.15) is 25.8 Å². The highest BCUT2D eigenvalue weighted by Gasteiger charge is 2.30. The number of amides is 2. The highest BCUT2D eigenvalue weighted by atomic mass is 16.2. The lowest BCUT2D eigenvalue weighted by molar-refractivity contribution is -0.139. The molecule has 7 nitrogen and oxygen atoms in total. The van der Waals surface area contributed by atoms with Gasteiger partial charge in [0.05, 0.1) is 18.1 Å². The number of carbonyl (C=O) groups excluding carboxylic acids is 4. The van der Waals surface area contributed by atoms with Crippen LogP contribution in [0.15, 0.2) is 29.4 Å². The van der Waals surface area contributed by atoms with Crippen LogP contribution in [0, 0.1) is 5.92 Å². The standard InChI is InChI=1S/C15H15N3O4/c1-8(19)7-12(20)16-11-5-3-10(4-6-11)13-9(2)14(21)15(22)18-17-13/h3-6,9H,7H2,1-2H3,(H,16,20)(H,18,22). The van der Waals surface area contributed by atoms with E-state index in [1.54, 1.807) is 31.2 Å². The number of ketones is 2. The lowest BCUT2D eigenvalue weighted by atomic mass is 9.93. The number of hydrogen-bond acceptors (Lipinski definition) is 5. The van der Waals surface area contributed by atoms with Crippen molar-refractivity contribution in [3.63, 3.8) is 0 Å². The summed E-state index contributed by atoms with van der Waals surface area (Å²) in [5.74, 6) is -2.47. The molecule has 2 amide bonds. The third-order valence-corrected chi connectivity index (χ3v) is 3.18. The van der Waals surface area contributed by atoms with Crippen molar-refractivity contribution in [2.24, 2.45) is 11.0 Å². The van der Waals surface area contributed by atoms with Gasteiger partial charge in [-0.2, -0.15) is 5.10 Å². The largest absolute Gasteiger partial charge is 0.326 e. The highest BCUT2D eigenvalue weighted by molar-refractivity contribution is 6.43. The minimum atomic E-state index is -0.718. The summed E-state index contributed by atoms with van der Waals surface area (Å²) in [6, 6.07) is 6.65. The van der Waals surface area contributed by atoms with Gasteiger partial charge in [0, 0.05) is 5.69 Å². The van der Waals surface area contributed by atoms with Crippen LogP contribution in [0.2, 0.25) is 0 Å². The maximum atomic E-state index is 11.6. The van der Waals surface area contributed by atoms with Gasteiger partial charge in [0.25, 0.3) is 0 Å². The van der Waals surface area contributed by atoms with E-state index in [9.17, 15) is 19.2 Å². The van der Waals surface area contributed by atoms with E-state index in [0.29, 0.717) is 17.0 Å². The Labute approximate surface area is 126 Å². The summed E-state index contributed by atoms with van der Waals surface area (Å²) in [5, 5.41) is 6.50. The molecular weight excluding hydrogens is 286 g/mol. The fourth-order valence-corrected chi connectivity index (χ4v) is 2.05. The lowest BCUT2D eigenvalue weighted by Crippen LogP contribution is -2.41. The lowest BCUT2D eigenvalue weighted by Gasteiger charge is -2.18. The van der Waals surface area contributed by atoms with Crippen molar-refractivity contribution >= 4 is 34.8 Å². The van der Waals surface area contributed by atoms with Gasteiger partial charge in [-0.15, -0.1) is 0 Å². The summed E-state index contributed by atoms with van der Waals surface area (Å²) in [6.45, 7) is 2.96. The second-order valence-electron chi connectivity index (χ2n) is 5.03. The van der Waals surface area contributed by atoms with Gasteiger partial charge < -0.3 is 5.32 Å². The van der Waals surface area contributed by atoms with E-state index < -0.39 is 17.6 Å². The van der Waals surface area contributed by atoms with Gasteiger partial charge in [0.15, 0.2) is 0 Å². The van der Waals surface area contributed by atoms with Crippen LogP contribution in [0.25, 0.3) is 0 Å². The predicted octanol–water partition coefficient (Wildman–Crippen LogP) is 0.643. The van der Waals surface area contributed by atoms with Gasteiger partial charge in [-0.3, -0.25) is 19.2 Å². The van der Waals surface area contributed by atoms with Gasteiger partial charge in [0.1, 0.15) is 5.78 Å². The molecule has 1 aliphatic rings. The first-order valence-electron chi connectivity index (χ1n) is 6.70. The smallest absolute Gasteiger partial charge is 0.308 e. The molecule has 1 aromatic rings. The van der Waals surface area contributed by atoms with Crippen LogP contribution in [0.4, 0.5) is 5.69 Å². The summed E-state index contributed by atoms with van der Waals surface area (Å²) in [4.78, 5) is 45.2. The topological polar surface area (TPSA) is 105 Å². The van der Waals surface area contributed by atoms with Crippen LogP contribution in [-0.2, 0) is 19.2 Å². The summed E-state index contributed by atoms with van der Waals surface area (Å²) < 4.78 is 0. The monoisotopic (exact) mass is 301 g/mol. The number of nitrogens with one attached hydrogen (secondary N) is 2. The van der Waals surface area contributed by atoms with Crippen LogP contribution in [0.5, 0.6) is 0 Å². The highest BCUT2D eigenvalue weighted by Crippen LogP contribution is 2.17. The SMILES string of the molecule is CC(=O)CC(=O)Nc1ccc(C2=NNC(=O)C(=O)C2C)cc1. The van der Waals surface area contributed by atoms with E-state index in [1.165, 1.54) is 6.92 Å². The molecule has 0 radical (unpaired) electrons. The van der Waals surface area contributed by atoms with Gasteiger partial charge in [-0.05, 0) is 31.5 Å². The normalized spacial score (nSPS) is 17.5. The molecule has 1 aliphatic heterocycles. The van der Waals surface area contributed by atoms with Crippen molar-refractivity contribution < 1.29 is 19.2 Å². The van der Waals surface area contributed by atoms with E-state index in [-0.39, 0.29) is 18.1 Å². The Morgan fingerprint density at radius 2 is 1.86 bits per heavy atom. The van der Waals surface area contributed by atoms with Crippen molar-refractivity contribution in [3.05, 3.63) is 29.8 Å². The molecule has 22 heavy (non-hydrogen) atoms. The average Bonchev–Trinajstić information content (AvgIpc) is 2.45. The van der Waals surface area contributed by atoms with Gasteiger partial charge in [-0.25, -0.2) is 5.43 Å². The minimum absolute atomic E-state index is 0.175. The fourth-order valence-electron chi connectivity index (χ4n) is 2.05. The third-order valence-electron chi connectivity index (χ3n) is 3.18. The second kappa shape index (κ2) is 6.30. The molecule has 2 N–H and O–H groups in total. The second-order valence-corrected chi connectivity index (χ2v) is 5.03. The van der Waals surface area contributed by atoms with Crippen molar-refractivity contribution in [3.8, 4) is 0 Å². The zero-order valence-electron chi connectivity index (χ0n) is 12.2. The Morgan fingerprint density at radius 3 is 2.45 bits per heavy atom. The maximum Gasteiger partial charge on any atom is 0.308 e. The number of rotatable bonds is 4. The van der Waals surface area contributed by atoms with Crippen molar-refractivity contribution in [2.45, 2.75) is 20.3 Å². The quantitative estimate of drug-likeness (QED) is 0.629. The Morgan fingerprint density at radius 1 is 1.23 bits per heavy atom. The fraction of sp³-hybridized carbons (Fsp3) is 0.267. The molecule has 0 saturated heterocycles. The Hall–Kier alpha value is -2.83. The van der Waals surface area contributed by atoms with Crippen LogP contribution >= 0.6 is 0 Å². The van der Waals surface area contributed by atoms with E-state index in [4.69, 9.17) is 0 Å². The zero-order chi connectivity index (χ0) is 16.3. The number of anilines is 1. The van der Waals surface area contributed by atoms with E-state index in [2.05, 4.69) is 15.8 Å². The summed E-state index contributed by atoms with van der Waals surface area (Å²) in [6.07, 6.45) is -0.175. The molecular formula is C15H15N3O4. The van der Waals surface area contributed by atoms with Crippen LogP contribution in [-0.4, -0.2) is 29.1 Å². The van der Waals surface area contributed by atoms with Gasteiger partial charge in [-0.1, -0.05) is 12.1 Å². The molecule has 0 spiro atoms. The zero-order valence-corrected chi connectivity index (χ0v) is 12.2. The molecule has 0 aromatic heterocycles. The number of nitrogens with zero attached hydrogens (tertiary/aromatic N) is 1. The number of benzene rings is 1. The Bertz CT molecular complexity index is 677. The molecule has 114 valence electrons. The first kappa shape index (κ1) is 15.6. The first-order valence-corrected chi connectivity index (χ1v) is 6.70. The molecule has 7 heteroatoms.